The van der Waals surface area contributed by atoms with Gasteiger partial charge in [-0.3, -0.25) is 0 Å². The Labute approximate surface area is 139 Å². The summed E-state index contributed by atoms with van der Waals surface area (Å²) < 4.78 is 5.91. The summed E-state index contributed by atoms with van der Waals surface area (Å²) in [5, 5.41) is 3.39. The van der Waals surface area contributed by atoms with Crippen LogP contribution in [0.4, 0.5) is 0 Å². The van der Waals surface area contributed by atoms with Gasteiger partial charge in [0.2, 0.25) is 5.88 Å². The molecular weight excluding hydrogens is 288 g/mol. The van der Waals surface area contributed by atoms with Crippen molar-refractivity contribution in [3.63, 3.8) is 0 Å². The molecule has 2 heterocycles. The number of nitrogens with zero attached hydrogens (tertiary/aromatic N) is 3. The van der Waals surface area contributed by atoms with Crippen molar-refractivity contribution >= 4 is 5.96 Å². The molecule has 1 aliphatic heterocycles. The molecule has 126 valence electrons. The van der Waals surface area contributed by atoms with E-state index in [1.807, 2.05) is 12.3 Å². The van der Waals surface area contributed by atoms with Crippen LogP contribution in [0.25, 0.3) is 0 Å². The summed E-state index contributed by atoms with van der Waals surface area (Å²) in [4.78, 5) is 11.5. The van der Waals surface area contributed by atoms with Gasteiger partial charge in [-0.25, -0.2) is 9.98 Å². The molecule has 0 unspecified atom stereocenters. The number of aromatic nitrogens is 1. The van der Waals surface area contributed by atoms with E-state index in [2.05, 4.69) is 28.2 Å². The number of ether oxygens (including phenoxy) is 1. The summed E-state index contributed by atoms with van der Waals surface area (Å²) in [7, 11) is 0. The van der Waals surface area contributed by atoms with Crippen LogP contribution < -0.4 is 10.1 Å². The Hall–Kier alpha value is -1.78. The van der Waals surface area contributed by atoms with Crippen LogP contribution in [0.3, 0.4) is 0 Å². The monoisotopic (exact) mass is 316 g/mol. The second-order valence-corrected chi connectivity index (χ2v) is 6.39. The second kappa shape index (κ2) is 8.18. The molecule has 1 saturated carbocycles. The van der Waals surface area contributed by atoms with Crippen LogP contribution in [-0.4, -0.2) is 41.6 Å². The third-order valence-corrected chi connectivity index (χ3v) is 4.54. The first-order valence-electron chi connectivity index (χ1n) is 9.00. The molecule has 3 rings (SSSR count). The minimum absolute atomic E-state index is 0.363. The van der Waals surface area contributed by atoms with Crippen LogP contribution in [0.1, 0.15) is 51.0 Å². The predicted molar refractivity (Wildman–Crippen MR) is 92.7 cm³/mol. The average molecular weight is 316 g/mol. The lowest BCUT2D eigenvalue weighted by Gasteiger charge is -2.20. The molecule has 2 fully saturated rings. The zero-order chi connectivity index (χ0) is 15.9. The average Bonchev–Trinajstić information content (AvgIpc) is 3.26. The van der Waals surface area contributed by atoms with Crippen molar-refractivity contribution in [1.29, 1.82) is 0 Å². The molecule has 0 atom stereocenters. The molecule has 0 spiro atoms. The number of hydrogen-bond donors (Lipinski definition) is 1. The Morgan fingerprint density at radius 2 is 2.04 bits per heavy atom. The molecule has 0 radical (unpaired) electrons. The van der Waals surface area contributed by atoms with Crippen LogP contribution in [0, 0.1) is 0 Å². The van der Waals surface area contributed by atoms with Gasteiger partial charge in [-0.2, -0.15) is 0 Å². The van der Waals surface area contributed by atoms with Gasteiger partial charge in [0.1, 0.15) is 6.10 Å². The summed E-state index contributed by atoms with van der Waals surface area (Å²) in [6.45, 7) is 5.90. The maximum atomic E-state index is 5.91. The van der Waals surface area contributed by atoms with Gasteiger partial charge in [-0.15, -0.1) is 0 Å². The van der Waals surface area contributed by atoms with Gasteiger partial charge in [-0.1, -0.05) is 6.07 Å². The lowest BCUT2D eigenvalue weighted by Crippen LogP contribution is -2.39. The fraction of sp³-hybridized carbons (Fsp3) is 0.667. The number of rotatable bonds is 5. The SMILES string of the molecule is CCNC(=NCc1ccc(OC2CCCC2)nc1)N1CCCC1. The van der Waals surface area contributed by atoms with Crippen LogP contribution >= 0.6 is 0 Å². The van der Waals surface area contributed by atoms with Crippen molar-refractivity contribution in [2.75, 3.05) is 19.6 Å². The van der Waals surface area contributed by atoms with E-state index in [0.717, 1.165) is 49.9 Å². The minimum atomic E-state index is 0.363. The van der Waals surface area contributed by atoms with Crippen LogP contribution in [0.5, 0.6) is 5.88 Å². The van der Waals surface area contributed by atoms with Gasteiger partial charge in [0, 0.05) is 31.9 Å². The normalized spacial score (nSPS) is 19.3. The molecule has 5 nitrogen and oxygen atoms in total. The van der Waals surface area contributed by atoms with Crippen LogP contribution in [0.15, 0.2) is 23.3 Å². The van der Waals surface area contributed by atoms with Gasteiger partial charge >= 0.3 is 0 Å². The quantitative estimate of drug-likeness (QED) is 0.670. The van der Waals surface area contributed by atoms with Gasteiger partial charge in [0.05, 0.1) is 6.54 Å². The van der Waals surface area contributed by atoms with Crippen molar-refractivity contribution in [3.05, 3.63) is 23.9 Å². The highest BCUT2D eigenvalue weighted by molar-refractivity contribution is 5.80. The van der Waals surface area contributed by atoms with Crippen molar-refractivity contribution in [3.8, 4) is 5.88 Å². The first kappa shape index (κ1) is 16.1. The van der Waals surface area contributed by atoms with E-state index in [9.17, 15) is 0 Å². The van der Waals surface area contributed by atoms with E-state index >= 15 is 0 Å². The Morgan fingerprint density at radius 1 is 1.26 bits per heavy atom. The highest BCUT2D eigenvalue weighted by atomic mass is 16.5. The number of pyridine rings is 1. The highest BCUT2D eigenvalue weighted by Gasteiger charge is 2.17. The molecule has 1 aliphatic carbocycles. The molecule has 1 saturated heterocycles. The molecule has 0 aromatic carbocycles. The summed E-state index contributed by atoms with van der Waals surface area (Å²) in [6, 6.07) is 4.06. The van der Waals surface area contributed by atoms with E-state index in [1.54, 1.807) is 0 Å². The summed E-state index contributed by atoms with van der Waals surface area (Å²) in [5.41, 5.74) is 1.12. The topological polar surface area (TPSA) is 49.8 Å². The Balaban J connectivity index is 1.56. The van der Waals surface area contributed by atoms with E-state index in [0.29, 0.717) is 12.6 Å². The van der Waals surface area contributed by atoms with Crippen molar-refractivity contribution < 1.29 is 4.74 Å². The molecule has 1 aromatic rings. The summed E-state index contributed by atoms with van der Waals surface area (Å²) in [5.74, 6) is 1.77. The van der Waals surface area contributed by atoms with Crippen molar-refractivity contribution in [1.82, 2.24) is 15.2 Å². The molecule has 5 heteroatoms. The number of guanidine groups is 1. The zero-order valence-electron chi connectivity index (χ0n) is 14.1. The summed E-state index contributed by atoms with van der Waals surface area (Å²) in [6.07, 6.45) is 9.66. The van der Waals surface area contributed by atoms with Gasteiger partial charge in [0.15, 0.2) is 5.96 Å². The summed E-state index contributed by atoms with van der Waals surface area (Å²) >= 11 is 0. The number of hydrogen-bond acceptors (Lipinski definition) is 3. The van der Waals surface area contributed by atoms with E-state index < -0.39 is 0 Å². The number of aliphatic imine (C=N–C) groups is 1. The smallest absolute Gasteiger partial charge is 0.213 e. The molecule has 2 aliphatic rings. The Kier molecular flexibility index (Phi) is 5.72. The lowest BCUT2D eigenvalue weighted by atomic mass is 10.3. The van der Waals surface area contributed by atoms with E-state index in [4.69, 9.17) is 9.73 Å². The van der Waals surface area contributed by atoms with Crippen LogP contribution in [-0.2, 0) is 6.54 Å². The first-order valence-corrected chi connectivity index (χ1v) is 9.00. The molecule has 1 N–H and O–H groups in total. The standard InChI is InChI=1S/C18H28N4O/c1-2-19-18(22-11-5-6-12-22)21-14-15-9-10-17(20-13-15)23-16-7-3-4-8-16/h9-10,13,16H,2-8,11-12,14H2,1H3,(H,19,21). The van der Waals surface area contributed by atoms with Crippen molar-refractivity contribution in [2.45, 2.75) is 58.1 Å². The first-order chi connectivity index (χ1) is 11.3. The van der Waals surface area contributed by atoms with Gasteiger partial charge in [-0.05, 0) is 51.0 Å². The third kappa shape index (κ3) is 4.60. The highest BCUT2D eigenvalue weighted by Crippen LogP contribution is 2.22. The molecule has 1 aromatic heterocycles. The number of likely N-dealkylation sites (tertiary alicyclic amines) is 1. The number of nitrogens with one attached hydrogen (secondary N) is 1. The third-order valence-electron chi connectivity index (χ3n) is 4.54. The second-order valence-electron chi connectivity index (χ2n) is 6.39. The van der Waals surface area contributed by atoms with E-state index in [1.165, 1.54) is 25.7 Å². The molecule has 0 bridgehead atoms. The largest absolute Gasteiger partial charge is 0.474 e. The molecule has 0 amide bonds. The lowest BCUT2D eigenvalue weighted by molar-refractivity contribution is 0.201. The maximum absolute atomic E-state index is 5.91. The van der Waals surface area contributed by atoms with Crippen molar-refractivity contribution in [2.24, 2.45) is 4.99 Å². The predicted octanol–water partition coefficient (Wildman–Crippen LogP) is 2.96. The minimum Gasteiger partial charge on any atom is -0.474 e. The maximum Gasteiger partial charge on any atom is 0.213 e. The Bertz CT molecular complexity index is 502. The Morgan fingerprint density at radius 3 is 2.70 bits per heavy atom. The van der Waals surface area contributed by atoms with Gasteiger partial charge in [0.25, 0.3) is 0 Å². The fourth-order valence-electron chi connectivity index (χ4n) is 3.27. The zero-order valence-corrected chi connectivity index (χ0v) is 14.1. The molecule has 23 heavy (non-hydrogen) atoms. The van der Waals surface area contributed by atoms with Gasteiger partial charge < -0.3 is 15.0 Å². The van der Waals surface area contributed by atoms with E-state index in [-0.39, 0.29) is 0 Å². The molecular formula is C18H28N4O. The fourth-order valence-corrected chi connectivity index (χ4v) is 3.27. The van der Waals surface area contributed by atoms with Crippen LogP contribution in [0.2, 0.25) is 0 Å².